The normalized spacial score (nSPS) is 28.3. The lowest BCUT2D eigenvalue weighted by atomic mass is 10.1. The van der Waals surface area contributed by atoms with Gasteiger partial charge in [0.1, 0.15) is 0 Å². The van der Waals surface area contributed by atoms with Crippen molar-refractivity contribution in [1.29, 1.82) is 0 Å². The van der Waals surface area contributed by atoms with Crippen molar-refractivity contribution in [3.8, 4) is 0 Å². The lowest BCUT2D eigenvalue weighted by Gasteiger charge is -2.38. The number of aromatic nitrogens is 1. The van der Waals surface area contributed by atoms with E-state index in [4.69, 9.17) is 5.73 Å². The Kier molecular flexibility index (Phi) is 4.79. The second kappa shape index (κ2) is 6.94. The van der Waals surface area contributed by atoms with Crippen molar-refractivity contribution in [2.24, 2.45) is 0 Å². The number of anilines is 2. The number of halogens is 1. The average Bonchev–Trinajstić information content (AvgIpc) is 2.96. The smallest absolute Gasteiger partial charge is 0.217 e. The molecule has 4 aliphatic heterocycles. The van der Waals surface area contributed by atoms with Gasteiger partial charge in [-0.1, -0.05) is 0 Å². The topological polar surface area (TPSA) is 82.8 Å². The maximum atomic E-state index is 14.1. The molecule has 0 saturated carbocycles. The summed E-state index contributed by atoms with van der Waals surface area (Å²) in [5.41, 5.74) is 6.51. The molecule has 2 bridgehead atoms. The van der Waals surface area contributed by atoms with Crippen molar-refractivity contribution in [3.05, 3.63) is 18.2 Å². The van der Waals surface area contributed by atoms with Crippen LogP contribution in [-0.2, 0) is 10.0 Å². The van der Waals surface area contributed by atoms with E-state index < -0.39 is 21.1 Å². The first-order valence-corrected chi connectivity index (χ1v) is 10.8. The van der Waals surface area contributed by atoms with Gasteiger partial charge >= 0.3 is 0 Å². The predicted molar refractivity (Wildman–Crippen MR) is 98.9 cm³/mol. The van der Waals surface area contributed by atoms with E-state index in [0.717, 1.165) is 38.7 Å². The molecule has 7 nitrogen and oxygen atoms in total. The molecule has 0 aromatic carbocycles. The quantitative estimate of drug-likeness (QED) is 0.834. The highest BCUT2D eigenvalue weighted by Crippen LogP contribution is 2.32. The first kappa shape index (κ1) is 17.9. The second-order valence-electron chi connectivity index (χ2n) is 7.47. The van der Waals surface area contributed by atoms with Gasteiger partial charge < -0.3 is 15.5 Å². The van der Waals surface area contributed by atoms with E-state index >= 15 is 0 Å². The molecule has 2 N–H and O–H groups in total. The first-order chi connectivity index (χ1) is 12.5. The number of fused-ring (bicyclic) bond motifs is 4. The van der Waals surface area contributed by atoms with Crippen LogP contribution in [0.1, 0.15) is 25.7 Å². The molecule has 4 fully saturated rings. The Balaban J connectivity index is 1.47. The first-order valence-electron chi connectivity index (χ1n) is 9.34. The fourth-order valence-electron chi connectivity index (χ4n) is 4.53. The Morgan fingerprint density at radius 3 is 2.35 bits per heavy atom. The number of hydrogen-bond donors (Lipinski definition) is 1. The highest BCUT2D eigenvalue weighted by atomic mass is 32.2. The van der Waals surface area contributed by atoms with E-state index in [0.29, 0.717) is 43.9 Å². The minimum atomic E-state index is -3.33. The van der Waals surface area contributed by atoms with Crippen molar-refractivity contribution in [3.63, 3.8) is 0 Å². The highest BCUT2D eigenvalue weighted by Gasteiger charge is 2.41. The number of pyridine rings is 1. The highest BCUT2D eigenvalue weighted by molar-refractivity contribution is 7.89. The van der Waals surface area contributed by atoms with Crippen LogP contribution in [0.2, 0.25) is 0 Å². The average molecular weight is 383 g/mol. The zero-order valence-corrected chi connectivity index (χ0v) is 15.7. The summed E-state index contributed by atoms with van der Waals surface area (Å²) >= 11 is 0. The van der Waals surface area contributed by atoms with Crippen LogP contribution in [0, 0.1) is 5.82 Å². The number of nitrogen functional groups attached to an aromatic ring is 1. The molecule has 0 atom stereocenters. The summed E-state index contributed by atoms with van der Waals surface area (Å²) in [7, 11) is -3.33. The van der Waals surface area contributed by atoms with Gasteiger partial charge in [-0.05, 0) is 38.8 Å². The summed E-state index contributed by atoms with van der Waals surface area (Å²) in [6.45, 7) is 4.39. The number of hydrogen-bond acceptors (Lipinski definition) is 6. The second-order valence-corrected chi connectivity index (χ2v) is 9.64. The van der Waals surface area contributed by atoms with Crippen molar-refractivity contribution in [2.75, 3.05) is 49.9 Å². The van der Waals surface area contributed by atoms with Crippen LogP contribution in [0.15, 0.2) is 12.4 Å². The lowest BCUT2D eigenvalue weighted by Crippen LogP contribution is -2.49. The van der Waals surface area contributed by atoms with Gasteiger partial charge in [0.2, 0.25) is 10.0 Å². The van der Waals surface area contributed by atoms with Crippen LogP contribution in [0.4, 0.5) is 15.8 Å². The number of sulfonamides is 1. The summed E-state index contributed by atoms with van der Waals surface area (Å²) in [6.07, 6.45) is 5.43. The molecule has 5 heterocycles. The van der Waals surface area contributed by atoms with Gasteiger partial charge in [-0.25, -0.2) is 12.8 Å². The van der Waals surface area contributed by atoms with E-state index in [1.54, 1.807) is 4.31 Å². The Hall–Kier alpha value is -1.45. The van der Waals surface area contributed by atoms with Gasteiger partial charge in [0.25, 0.3) is 0 Å². The predicted octanol–water partition coefficient (Wildman–Crippen LogP) is 0.881. The summed E-state index contributed by atoms with van der Waals surface area (Å²) in [6, 6.07) is 0.144. The molecule has 0 radical (unpaired) electrons. The van der Waals surface area contributed by atoms with Crippen LogP contribution < -0.4 is 10.6 Å². The summed E-state index contributed by atoms with van der Waals surface area (Å²) in [4.78, 5) is 7.95. The molecular formula is C17H26FN5O2S. The summed E-state index contributed by atoms with van der Waals surface area (Å²) < 4.78 is 42.3. The molecule has 144 valence electrons. The molecule has 5 rings (SSSR count). The van der Waals surface area contributed by atoms with E-state index in [2.05, 4.69) is 9.88 Å². The maximum Gasteiger partial charge on any atom is 0.217 e. The summed E-state index contributed by atoms with van der Waals surface area (Å²) in [5.74, 6) is -0.454. The van der Waals surface area contributed by atoms with E-state index in [1.165, 1.54) is 6.20 Å². The van der Waals surface area contributed by atoms with Crippen LogP contribution in [0.5, 0.6) is 0 Å². The van der Waals surface area contributed by atoms with Gasteiger partial charge in [-0.15, -0.1) is 0 Å². The van der Waals surface area contributed by atoms with E-state index in [9.17, 15) is 12.8 Å². The molecule has 4 saturated heterocycles. The number of rotatable bonds is 3. The summed E-state index contributed by atoms with van der Waals surface area (Å²) in [5, 5.41) is -0.392. The standard InChI is InChI=1S/C17H26FN5O2S/c18-15-11-20-12-16(19)17(15)22-7-3-14(4-8-22)26(24,25)23-10-9-21-5-1-13(23)2-6-21/h11-14H,1-10,19H2. The fourth-order valence-corrected chi connectivity index (χ4v) is 6.69. The minimum Gasteiger partial charge on any atom is -0.396 e. The van der Waals surface area contributed by atoms with Crippen molar-refractivity contribution < 1.29 is 12.8 Å². The Morgan fingerprint density at radius 1 is 1.00 bits per heavy atom. The Bertz CT molecular complexity index is 738. The third-order valence-electron chi connectivity index (χ3n) is 6.01. The molecular weight excluding hydrogens is 357 g/mol. The number of nitrogens with two attached hydrogens (primary N) is 1. The monoisotopic (exact) mass is 383 g/mol. The third kappa shape index (κ3) is 3.16. The Morgan fingerprint density at radius 2 is 1.69 bits per heavy atom. The molecule has 0 unspecified atom stereocenters. The van der Waals surface area contributed by atoms with Crippen LogP contribution >= 0.6 is 0 Å². The SMILES string of the molecule is Nc1cncc(F)c1N1CCC(S(=O)(=O)N2CCN3CCC2CC3)CC1. The molecule has 0 spiro atoms. The van der Waals surface area contributed by atoms with Gasteiger partial charge in [0.05, 0.1) is 29.0 Å². The van der Waals surface area contributed by atoms with Gasteiger partial charge in [0, 0.05) is 32.2 Å². The van der Waals surface area contributed by atoms with Crippen LogP contribution in [-0.4, -0.2) is 73.2 Å². The molecule has 0 aliphatic carbocycles. The largest absolute Gasteiger partial charge is 0.396 e. The van der Waals surface area contributed by atoms with Gasteiger partial charge in [-0.2, -0.15) is 4.31 Å². The van der Waals surface area contributed by atoms with E-state index in [1.807, 2.05) is 4.90 Å². The molecule has 26 heavy (non-hydrogen) atoms. The third-order valence-corrected chi connectivity index (χ3v) is 8.46. The van der Waals surface area contributed by atoms with Crippen molar-refractivity contribution in [1.82, 2.24) is 14.2 Å². The van der Waals surface area contributed by atoms with Crippen LogP contribution in [0.3, 0.4) is 0 Å². The zero-order valence-electron chi connectivity index (χ0n) is 14.8. The minimum absolute atomic E-state index is 0.144. The van der Waals surface area contributed by atoms with E-state index in [-0.39, 0.29) is 6.04 Å². The molecule has 0 amide bonds. The van der Waals surface area contributed by atoms with Crippen molar-refractivity contribution in [2.45, 2.75) is 37.0 Å². The number of nitrogens with zero attached hydrogens (tertiary/aromatic N) is 4. The maximum absolute atomic E-state index is 14.1. The van der Waals surface area contributed by atoms with Crippen molar-refractivity contribution >= 4 is 21.4 Å². The van der Waals surface area contributed by atoms with Gasteiger partial charge in [0.15, 0.2) is 5.82 Å². The Labute approximate surface area is 154 Å². The molecule has 4 aliphatic rings. The lowest BCUT2D eigenvalue weighted by molar-refractivity contribution is 0.232. The van der Waals surface area contributed by atoms with Crippen LogP contribution in [0.25, 0.3) is 0 Å². The number of piperidine rings is 2. The fraction of sp³-hybridized carbons (Fsp3) is 0.706. The molecule has 9 heteroatoms. The van der Waals surface area contributed by atoms with Gasteiger partial charge in [-0.3, -0.25) is 4.98 Å². The zero-order chi connectivity index (χ0) is 18.3. The molecule has 1 aromatic heterocycles. The molecule has 1 aromatic rings.